The molecule has 2 N–H and O–H groups in total. The molecule has 2 fully saturated rings. The second-order valence-corrected chi connectivity index (χ2v) is 6.48. The van der Waals surface area contributed by atoms with Gasteiger partial charge in [0.15, 0.2) is 0 Å². The van der Waals surface area contributed by atoms with Crippen LogP contribution in [0.4, 0.5) is 0 Å². The molecule has 0 aromatic heterocycles. The van der Waals surface area contributed by atoms with Gasteiger partial charge >= 0.3 is 5.97 Å². The number of nitrogens with one attached hydrogen (secondary N) is 1. The fourth-order valence-electron chi connectivity index (χ4n) is 4.36. The highest BCUT2D eigenvalue weighted by molar-refractivity contribution is 5.90. The average Bonchev–Trinajstić information content (AvgIpc) is 2.66. The summed E-state index contributed by atoms with van der Waals surface area (Å²) >= 11 is 0. The van der Waals surface area contributed by atoms with E-state index in [1.165, 1.54) is 6.34 Å². The van der Waals surface area contributed by atoms with Crippen molar-refractivity contribution in [1.29, 1.82) is 5.41 Å². The Labute approximate surface area is 137 Å². The molecule has 0 amide bonds. The summed E-state index contributed by atoms with van der Waals surface area (Å²) in [7, 11) is 0. The summed E-state index contributed by atoms with van der Waals surface area (Å²) in [5.74, 6) is -0.510. The van der Waals surface area contributed by atoms with Crippen molar-refractivity contribution in [2.45, 2.75) is 57.5 Å². The quantitative estimate of drug-likeness (QED) is 0.658. The van der Waals surface area contributed by atoms with Gasteiger partial charge in [0.05, 0.1) is 11.9 Å². The number of aromatic carboxylic acids is 1. The predicted octanol–water partition coefficient (Wildman–Crippen LogP) is 3.74. The maximum Gasteiger partial charge on any atom is 0.335 e. The fourth-order valence-corrected chi connectivity index (χ4v) is 4.36. The number of aryl methyl sites for hydroxylation is 2. The van der Waals surface area contributed by atoms with Gasteiger partial charge in [-0.1, -0.05) is 6.07 Å². The van der Waals surface area contributed by atoms with Crippen LogP contribution in [0.1, 0.15) is 58.6 Å². The van der Waals surface area contributed by atoms with Crippen LogP contribution in [0.2, 0.25) is 0 Å². The van der Waals surface area contributed by atoms with E-state index in [2.05, 4.69) is 11.0 Å². The van der Waals surface area contributed by atoms with Crippen molar-refractivity contribution < 1.29 is 9.90 Å². The summed E-state index contributed by atoms with van der Waals surface area (Å²) < 4.78 is 0. The Morgan fingerprint density at radius 2 is 1.86 bits per heavy atom. The molecule has 2 aliphatic heterocycles. The third-order valence-corrected chi connectivity index (χ3v) is 5.11. The van der Waals surface area contributed by atoms with Gasteiger partial charge in [0.2, 0.25) is 0 Å². The molecule has 2 unspecified atom stereocenters. The zero-order chi connectivity index (χ0) is 15.1. The van der Waals surface area contributed by atoms with Crippen molar-refractivity contribution in [1.82, 2.24) is 4.90 Å². The summed E-state index contributed by atoms with van der Waals surface area (Å²) in [5.41, 5.74) is 3.60. The number of carboxylic acid groups (broad SMARTS) is 1. The number of hydrogen-bond donors (Lipinski definition) is 2. The monoisotopic (exact) mass is 322 g/mol. The second kappa shape index (κ2) is 6.29. The Kier molecular flexibility index (Phi) is 4.81. The zero-order valence-electron chi connectivity index (χ0n) is 13.0. The van der Waals surface area contributed by atoms with Gasteiger partial charge in [0.25, 0.3) is 0 Å². The van der Waals surface area contributed by atoms with Crippen LogP contribution < -0.4 is 0 Å². The molecule has 120 valence electrons. The number of carbonyl (C=O) groups is 1. The van der Waals surface area contributed by atoms with Crippen molar-refractivity contribution in [3.05, 3.63) is 34.4 Å². The topological polar surface area (TPSA) is 64.4 Å². The van der Waals surface area contributed by atoms with Gasteiger partial charge in [-0.15, -0.1) is 12.4 Å². The van der Waals surface area contributed by atoms with Crippen molar-refractivity contribution in [3.63, 3.8) is 0 Å². The van der Waals surface area contributed by atoms with E-state index in [4.69, 9.17) is 5.41 Å². The number of fused-ring (bicyclic) bond motifs is 2. The van der Waals surface area contributed by atoms with Crippen molar-refractivity contribution in [3.8, 4) is 0 Å². The Balaban J connectivity index is 0.00000176. The first-order chi connectivity index (χ1) is 10.0. The smallest absolute Gasteiger partial charge is 0.335 e. The minimum Gasteiger partial charge on any atom is -0.478 e. The lowest BCUT2D eigenvalue weighted by Crippen LogP contribution is -2.41. The molecular weight excluding hydrogens is 300 g/mol. The third kappa shape index (κ3) is 2.72. The number of rotatable bonds is 3. The maximum atomic E-state index is 11.6. The molecule has 22 heavy (non-hydrogen) atoms. The minimum absolute atomic E-state index is 0. The van der Waals surface area contributed by atoms with E-state index >= 15 is 0 Å². The molecule has 1 aromatic rings. The second-order valence-electron chi connectivity index (χ2n) is 6.48. The number of benzene rings is 1. The van der Waals surface area contributed by atoms with Crippen LogP contribution in [0, 0.1) is 19.3 Å². The number of carboxylic acids is 1. The summed E-state index contributed by atoms with van der Waals surface area (Å²) in [6.07, 6.45) is 5.67. The molecule has 2 heterocycles. The first-order valence-electron chi connectivity index (χ1n) is 7.63. The highest BCUT2D eigenvalue weighted by Gasteiger charge is 2.40. The summed E-state index contributed by atoms with van der Waals surface area (Å²) in [4.78, 5) is 13.8. The fraction of sp³-hybridized carbons (Fsp3) is 0.529. The zero-order valence-corrected chi connectivity index (χ0v) is 13.8. The molecule has 0 aliphatic carbocycles. The van der Waals surface area contributed by atoms with Gasteiger partial charge in [-0.2, -0.15) is 0 Å². The lowest BCUT2D eigenvalue weighted by atomic mass is 9.80. The van der Waals surface area contributed by atoms with Crippen LogP contribution >= 0.6 is 12.4 Å². The van der Waals surface area contributed by atoms with Crippen molar-refractivity contribution in [2.75, 3.05) is 0 Å². The van der Waals surface area contributed by atoms with Gasteiger partial charge in [-0.3, -0.25) is 5.41 Å². The van der Waals surface area contributed by atoms with Gasteiger partial charge in [0.1, 0.15) is 0 Å². The lowest BCUT2D eigenvalue weighted by molar-refractivity contribution is 0.0693. The van der Waals surface area contributed by atoms with E-state index in [1.54, 1.807) is 6.07 Å². The molecule has 2 bridgehead atoms. The number of hydrogen-bond acceptors (Lipinski definition) is 2. The van der Waals surface area contributed by atoms with Crippen molar-refractivity contribution in [2.24, 2.45) is 0 Å². The SMILES string of the molecule is Cc1cc(C)c(C2CC3CCC(C2)N3C=N)c(C(=O)O)c1.Cl. The van der Waals surface area contributed by atoms with Crippen molar-refractivity contribution >= 4 is 24.7 Å². The molecule has 0 radical (unpaired) electrons. The number of nitrogens with zero attached hydrogens (tertiary/aromatic N) is 1. The summed E-state index contributed by atoms with van der Waals surface area (Å²) in [6, 6.07) is 4.71. The van der Waals surface area contributed by atoms with E-state index < -0.39 is 5.97 Å². The lowest BCUT2D eigenvalue weighted by Gasteiger charge is -2.38. The minimum atomic E-state index is -0.821. The van der Waals surface area contributed by atoms with Gasteiger partial charge in [0, 0.05) is 12.1 Å². The molecule has 0 saturated carbocycles. The Morgan fingerprint density at radius 3 is 2.36 bits per heavy atom. The summed E-state index contributed by atoms with van der Waals surface area (Å²) in [6.45, 7) is 3.98. The largest absolute Gasteiger partial charge is 0.478 e. The molecule has 4 nitrogen and oxygen atoms in total. The van der Waals surface area contributed by atoms with Gasteiger partial charge in [-0.25, -0.2) is 4.79 Å². The van der Waals surface area contributed by atoms with E-state index in [0.717, 1.165) is 42.4 Å². The molecule has 2 aliphatic rings. The van der Waals surface area contributed by atoms with E-state index in [1.807, 2.05) is 13.8 Å². The van der Waals surface area contributed by atoms with Crippen LogP contribution in [-0.2, 0) is 0 Å². The Bertz CT molecular complexity index is 589. The molecule has 3 rings (SSSR count). The first kappa shape index (κ1) is 16.8. The molecule has 5 heteroatoms. The predicted molar refractivity (Wildman–Crippen MR) is 89.5 cm³/mol. The Hall–Kier alpha value is -1.55. The normalized spacial score (nSPS) is 26.5. The van der Waals surface area contributed by atoms with Crippen LogP contribution in [0.15, 0.2) is 12.1 Å². The molecular formula is C17H23ClN2O2. The Morgan fingerprint density at radius 1 is 1.27 bits per heavy atom. The highest BCUT2D eigenvalue weighted by Crippen LogP contribution is 2.44. The molecule has 2 atom stereocenters. The molecule has 0 spiro atoms. The van der Waals surface area contributed by atoms with E-state index in [-0.39, 0.29) is 12.4 Å². The van der Waals surface area contributed by atoms with Crippen LogP contribution in [0.25, 0.3) is 0 Å². The van der Waals surface area contributed by atoms with Crippen LogP contribution in [0.5, 0.6) is 0 Å². The van der Waals surface area contributed by atoms with Gasteiger partial charge < -0.3 is 10.0 Å². The number of halogens is 1. The molecule has 2 saturated heterocycles. The summed E-state index contributed by atoms with van der Waals surface area (Å²) in [5, 5.41) is 17.1. The van der Waals surface area contributed by atoms with E-state index in [9.17, 15) is 9.90 Å². The number of piperidine rings is 1. The average molecular weight is 323 g/mol. The van der Waals surface area contributed by atoms with Crippen LogP contribution in [0.3, 0.4) is 0 Å². The van der Waals surface area contributed by atoms with Gasteiger partial charge in [-0.05, 0) is 68.2 Å². The maximum absolute atomic E-state index is 11.6. The first-order valence-corrected chi connectivity index (χ1v) is 7.63. The molecule has 1 aromatic carbocycles. The third-order valence-electron chi connectivity index (χ3n) is 5.11. The standard InChI is InChI=1S/C17H22N2O2.ClH/c1-10-5-11(2)16(15(6-10)17(20)21)12-7-13-3-4-14(8-12)19(13)9-18;/h5-6,9,12-14,18H,3-4,7-8H2,1-2H3,(H,20,21);1H. The van der Waals surface area contributed by atoms with E-state index in [0.29, 0.717) is 23.6 Å². The highest BCUT2D eigenvalue weighted by atomic mass is 35.5. The van der Waals surface area contributed by atoms with Crippen LogP contribution in [-0.4, -0.2) is 34.4 Å².